The highest BCUT2D eigenvalue weighted by Crippen LogP contribution is 2.33. The molecule has 0 saturated carbocycles. The summed E-state index contributed by atoms with van der Waals surface area (Å²) < 4.78 is 1.91. The third kappa shape index (κ3) is 8.56. The summed E-state index contributed by atoms with van der Waals surface area (Å²) in [5.41, 5.74) is 4.33. The number of hydrogen-bond donors (Lipinski definition) is 1. The number of likely N-dealkylation sites (N-methyl/N-ethyl adjacent to an activating group) is 2. The lowest BCUT2D eigenvalue weighted by Gasteiger charge is -2.34. The van der Waals surface area contributed by atoms with Crippen molar-refractivity contribution >= 4 is 81.4 Å². The fourth-order valence-electron chi connectivity index (χ4n) is 3.75. The summed E-state index contributed by atoms with van der Waals surface area (Å²) >= 11 is 14.8. The van der Waals surface area contributed by atoms with Crippen molar-refractivity contribution in [2.75, 3.05) is 66.5 Å². The number of benzene rings is 1. The van der Waals surface area contributed by atoms with Gasteiger partial charge in [0.25, 0.3) is 0 Å². The van der Waals surface area contributed by atoms with Gasteiger partial charge < -0.3 is 24.7 Å². The minimum absolute atomic E-state index is 0. The standard InChI is InChI=1S/C22H34N4OS4.2ClH/c1-16-17(2)20(27)19(15-31-22(29)26-11-7-24(4)8-12-26)13-18(16)14-30-21(28)25-9-5-23(3)6-10-25;;/h13,27H,5-12,14-15H2,1-4H3;2*1H. The Labute approximate surface area is 230 Å². The van der Waals surface area contributed by atoms with Gasteiger partial charge in [0.2, 0.25) is 0 Å². The van der Waals surface area contributed by atoms with E-state index in [0.717, 1.165) is 83.4 Å². The Hall–Kier alpha value is -0.000000000000000111. The van der Waals surface area contributed by atoms with Crippen LogP contribution in [0, 0.1) is 13.8 Å². The van der Waals surface area contributed by atoms with E-state index in [4.69, 9.17) is 24.4 Å². The number of phenols is 1. The van der Waals surface area contributed by atoms with E-state index in [0.29, 0.717) is 11.5 Å². The molecule has 3 rings (SSSR count). The average Bonchev–Trinajstić information content (AvgIpc) is 2.77. The molecule has 2 heterocycles. The molecule has 0 bridgehead atoms. The van der Waals surface area contributed by atoms with Crippen LogP contribution in [0.2, 0.25) is 0 Å². The number of halogens is 2. The molecule has 0 aromatic heterocycles. The number of phenolic OH excluding ortho intramolecular Hbond substituents is 1. The molecule has 0 radical (unpaired) electrons. The molecule has 2 saturated heterocycles. The van der Waals surface area contributed by atoms with Gasteiger partial charge in [-0.3, -0.25) is 0 Å². The molecule has 188 valence electrons. The first kappa shape index (κ1) is 31.0. The molecule has 1 aromatic carbocycles. The molecule has 0 unspecified atom stereocenters. The van der Waals surface area contributed by atoms with Crippen LogP contribution in [-0.4, -0.2) is 99.8 Å². The van der Waals surface area contributed by atoms with E-state index in [1.165, 1.54) is 5.56 Å². The lowest BCUT2D eigenvalue weighted by atomic mass is 10.00. The number of thiocarbonyl (C=S) groups is 2. The molecule has 0 aliphatic carbocycles. The SMILES string of the molecule is Cc1c(CSC(=S)N2CCN(C)CC2)cc(CSC(=S)N2CCN(C)CC2)c(O)c1C.Cl.Cl. The van der Waals surface area contributed by atoms with Gasteiger partial charge in [0.1, 0.15) is 14.4 Å². The fourth-order valence-corrected chi connectivity index (χ4v) is 6.27. The Morgan fingerprint density at radius 2 is 1.15 bits per heavy atom. The zero-order chi connectivity index (χ0) is 22.5. The zero-order valence-electron chi connectivity index (χ0n) is 19.8. The van der Waals surface area contributed by atoms with E-state index < -0.39 is 0 Å². The molecule has 1 N–H and O–H groups in total. The third-order valence-electron chi connectivity index (χ3n) is 6.28. The van der Waals surface area contributed by atoms with Gasteiger partial charge in [-0.15, -0.1) is 24.8 Å². The van der Waals surface area contributed by atoms with Crippen molar-refractivity contribution in [3.8, 4) is 5.75 Å². The summed E-state index contributed by atoms with van der Waals surface area (Å²) in [7, 11) is 4.31. The molecule has 11 heteroatoms. The van der Waals surface area contributed by atoms with Crippen LogP contribution in [-0.2, 0) is 11.5 Å². The van der Waals surface area contributed by atoms with Crippen molar-refractivity contribution in [2.45, 2.75) is 25.4 Å². The lowest BCUT2D eigenvalue weighted by molar-refractivity contribution is 0.220. The molecule has 5 nitrogen and oxygen atoms in total. The molecule has 0 spiro atoms. The van der Waals surface area contributed by atoms with E-state index in [-0.39, 0.29) is 24.8 Å². The van der Waals surface area contributed by atoms with Crippen molar-refractivity contribution in [3.05, 3.63) is 28.3 Å². The summed E-state index contributed by atoms with van der Waals surface area (Å²) in [6.45, 7) is 12.3. The number of piperazine rings is 2. The topological polar surface area (TPSA) is 33.2 Å². The van der Waals surface area contributed by atoms with Crippen molar-refractivity contribution < 1.29 is 5.11 Å². The van der Waals surface area contributed by atoms with Crippen LogP contribution in [0.5, 0.6) is 5.75 Å². The third-order valence-corrected chi connectivity index (χ3v) is 9.42. The second-order valence-corrected chi connectivity index (χ2v) is 11.7. The van der Waals surface area contributed by atoms with Crippen molar-refractivity contribution in [1.29, 1.82) is 0 Å². The number of hydrogen-bond acceptors (Lipinski definition) is 7. The maximum Gasteiger partial charge on any atom is 0.136 e. The number of rotatable bonds is 4. The van der Waals surface area contributed by atoms with Gasteiger partial charge >= 0.3 is 0 Å². The normalized spacial score (nSPS) is 17.3. The van der Waals surface area contributed by atoms with Crippen LogP contribution >= 0.6 is 72.8 Å². The van der Waals surface area contributed by atoms with E-state index in [1.807, 2.05) is 6.92 Å². The first-order valence-corrected chi connectivity index (χ1v) is 13.6. The highest BCUT2D eigenvalue weighted by Gasteiger charge is 2.20. The molecular formula is C22H36Cl2N4OS4. The van der Waals surface area contributed by atoms with Crippen LogP contribution in [0.25, 0.3) is 0 Å². The monoisotopic (exact) mass is 570 g/mol. The average molecular weight is 572 g/mol. The van der Waals surface area contributed by atoms with Gasteiger partial charge in [-0.25, -0.2) is 0 Å². The van der Waals surface area contributed by atoms with Crippen LogP contribution in [0.1, 0.15) is 22.3 Å². The van der Waals surface area contributed by atoms with Gasteiger partial charge in [0.05, 0.1) is 0 Å². The van der Waals surface area contributed by atoms with Gasteiger partial charge in [0.15, 0.2) is 0 Å². The summed E-state index contributed by atoms with van der Waals surface area (Å²) in [6, 6.07) is 2.15. The minimum Gasteiger partial charge on any atom is -0.507 e. The van der Waals surface area contributed by atoms with E-state index in [1.54, 1.807) is 23.5 Å². The van der Waals surface area contributed by atoms with Gasteiger partial charge in [-0.1, -0.05) is 54.0 Å². The predicted octanol–water partition coefficient (Wildman–Crippen LogP) is 4.38. The molecule has 0 amide bonds. The summed E-state index contributed by atoms with van der Waals surface area (Å²) in [5, 5.41) is 10.7. The Balaban J connectivity index is 0.00000272. The lowest BCUT2D eigenvalue weighted by Crippen LogP contribution is -2.45. The van der Waals surface area contributed by atoms with E-state index in [9.17, 15) is 5.11 Å². The highest BCUT2D eigenvalue weighted by molar-refractivity contribution is 8.22. The minimum atomic E-state index is 0. The zero-order valence-corrected chi connectivity index (χ0v) is 24.7. The fraction of sp³-hybridized carbons (Fsp3) is 0.636. The van der Waals surface area contributed by atoms with Crippen molar-refractivity contribution in [1.82, 2.24) is 19.6 Å². The van der Waals surface area contributed by atoms with Crippen LogP contribution in [0.3, 0.4) is 0 Å². The molecular weight excluding hydrogens is 535 g/mol. The summed E-state index contributed by atoms with van der Waals surface area (Å²) in [4.78, 5) is 9.26. The number of aromatic hydroxyl groups is 1. The number of nitrogens with zero attached hydrogens (tertiary/aromatic N) is 4. The van der Waals surface area contributed by atoms with Gasteiger partial charge in [-0.2, -0.15) is 0 Å². The first-order chi connectivity index (χ1) is 14.8. The quantitative estimate of drug-likeness (QED) is 0.530. The first-order valence-electron chi connectivity index (χ1n) is 10.8. The van der Waals surface area contributed by atoms with Gasteiger partial charge in [0, 0.05) is 69.4 Å². The molecule has 1 aromatic rings. The highest BCUT2D eigenvalue weighted by atomic mass is 35.5. The Kier molecular flexibility index (Phi) is 13.7. The Morgan fingerprint density at radius 1 is 0.758 bits per heavy atom. The molecule has 2 fully saturated rings. The number of thioether (sulfide) groups is 2. The maximum absolute atomic E-state index is 10.7. The van der Waals surface area contributed by atoms with Gasteiger partial charge in [-0.05, 0) is 44.6 Å². The predicted molar refractivity (Wildman–Crippen MR) is 158 cm³/mol. The van der Waals surface area contributed by atoms with Crippen molar-refractivity contribution in [3.63, 3.8) is 0 Å². The summed E-state index contributed by atoms with van der Waals surface area (Å²) in [6.07, 6.45) is 0. The van der Waals surface area contributed by atoms with Crippen molar-refractivity contribution in [2.24, 2.45) is 0 Å². The molecule has 33 heavy (non-hydrogen) atoms. The van der Waals surface area contributed by atoms with Crippen LogP contribution in [0.15, 0.2) is 6.07 Å². The van der Waals surface area contributed by atoms with E-state index >= 15 is 0 Å². The van der Waals surface area contributed by atoms with Crippen LogP contribution < -0.4 is 0 Å². The molecule has 0 atom stereocenters. The maximum atomic E-state index is 10.7. The largest absolute Gasteiger partial charge is 0.507 e. The Bertz CT molecular complexity index is 752. The second kappa shape index (κ2) is 14.5. The molecule has 2 aliphatic rings. The smallest absolute Gasteiger partial charge is 0.136 e. The second-order valence-electron chi connectivity index (χ2n) is 8.48. The van der Waals surface area contributed by atoms with Crippen LogP contribution in [0.4, 0.5) is 0 Å². The molecule has 2 aliphatic heterocycles. The Morgan fingerprint density at radius 3 is 1.58 bits per heavy atom. The summed E-state index contributed by atoms with van der Waals surface area (Å²) in [5.74, 6) is 1.93. The van der Waals surface area contributed by atoms with E-state index in [2.05, 4.69) is 46.7 Å².